The Bertz CT molecular complexity index is 7260. The summed E-state index contributed by atoms with van der Waals surface area (Å²) in [6.45, 7) is 0. The van der Waals surface area contributed by atoms with E-state index in [0.717, 1.165) is 139 Å². The van der Waals surface area contributed by atoms with E-state index in [-0.39, 0.29) is 0 Å². The molecule has 524 valence electrons. The van der Waals surface area contributed by atoms with Gasteiger partial charge in [-0.15, -0.1) is 0 Å². The largest absolute Gasteiger partial charge is 0.452 e. The fraction of sp³-hybridized carbons (Fsp3) is 0. The molecule has 0 fully saturated rings. The first kappa shape index (κ1) is 65.2. The van der Waals surface area contributed by atoms with E-state index in [0.29, 0.717) is 22.8 Å². The lowest BCUT2D eigenvalue weighted by Crippen LogP contribution is -1.94. The van der Waals surface area contributed by atoms with Gasteiger partial charge in [-0.2, -0.15) is 0 Å². The standard InChI is InChI=1S/2C52H33N3O/c1-3-15-34(16-4-1)36-19-12-23-40(32-36)49-51-50(54-52(53-49)35-17-5-2-6-18-35)48-42(27-14-30-47(48)56-51)39-22-11-20-37(31-39)38-21-13-24-41(33-38)55-45-28-9-7-25-43(45)44-26-8-10-29-46(44)55;1-3-14-34(15-4-1)35-28-30-36(31-29-35)49-51-50(54-52(53-49)37-16-5-2-6-17-37)48-42(24-13-27-47(48)56-51)40-20-11-18-38(32-40)39-19-12-21-41(33-39)55-45-25-9-7-22-43(45)44-23-8-10-26-46(44)55/h2*1-33H. The zero-order chi connectivity index (χ0) is 74.0. The van der Waals surface area contributed by atoms with E-state index in [1.807, 2.05) is 60.7 Å². The molecule has 6 aromatic heterocycles. The Morgan fingerprint density at radius 1 is 0.196 bits per heavy atom. The molecule has 0 saturated heterocycles. The van der Waals surface area contributed by atoms with Crippen LogP contribution in [-0.4, -0.2) is 29.1 Å². The summed E-state index contributed by atoms with van der Waals surface area (Å²) in [5, 5.41) is 6.95. The van der Waals surface area contributed by atoms with Crippen molar-refractivity contribution in [2.75, 3.05) is 0 Å². The van der Waals surface area contributed by atoms with Crippen LogP contribution in [0.5, 0.6) is 0 Å². The Kier molecular flexibility index (Phi) is 16.1. The summed E-state index contributed by atoms with van der Waals surface area (Å²) in [5.74, 6) is 1.32. The fourth-order valence-corrected chi connectivity index (χ4v) is 16.4. The normalized spacial score (nSPS) is 11.6. The van der Waals surface area contributed by atoms with Gasteiger partial charge in [0.15, 0.2) is 22.8 Å². The third kappa shape index (κ3) is 11.6. The molecule has 0 aliphatic heterocycles. The second-order valence-corrected chi connectivity index (χ2v) is 28.3. The lowest BCUT2D eigenvalue weighted by Gasteiger charge is -2.12. The van der Waals surface area contributed by atoms with Crippen LogP contribution in [-0.2, 0) is 0 Å². The van der Waals surface area contributed by atoms with Crippen molar-refractivity contribution >= 4 is 87.7 Å². The van der Waals surface area contributed by atoms with Crippen LogP contribution in [0.3, 0.4) is 0 Å². The van der Waals surface area contributed by atoms with Crippen LogP contribution in [0.25, 0.3) is 211 Å². The molecule has 22 rings (SSSR count). The molecule has 8 heteroatoms. The first-order valence-electron chi connectivity index (χ1n) is 37.8. The molecule has 0 aliphatic carbocycles. The highest BCUT2D eigenvalue weighted by molar-refractivity contribution is 6.16. The van der Waals surface area contributed by atoms with E-state index in [1.165, 1.54) is 49.2 Å². The Hall–Kier alpha value is -15.1. The van der Waals surface area contributed by atoms with Gasteiger partial charge in [-0.25, -0.2) is 19.9 Å². The lowest BCUT2D eigenvalue weighted by atomic mass is 9.96. The molecule has 0 spiro atoms. The minimum Gasteiger partial charge on any atom is -0.452 e. The van der Waals surface area contributed by atoms with Gasteiger partial charge in [-0.05, 0) is 146 Å². The van der Waals surface area contributed by atoms with E-state index >= 15 is 0 Å². The number of hydrogen-bond acceptors (Lipinski definition) is 6. The van der Waals surface area contributed by atoms with Gasteiger partial charge < -0.3 is 18.0 Å². The van der Waals surface area contributed by atoms with Gasteiger partial charge in [0.05, 0.1) is 32.8 Å². The van der Waals surface area contributed by atoms with Crippen LogP contribution in [0.4, 0.5) is 0 Å². The summed E-state index contributed by atoms with van der Waals surface area (Å²) in [7, 11) is 0. The molecule has 16 aromatic carbocycles. The van der Waals surface area contributed by atoms with Crippen LogP contribution in [0.2, 0.25) is 0 Å². The molecule has 0 radical (unpaired) electrons. The van der Waals surface area contributed by atoms with Crippen LogP contribution in [0.15, 0.2) is 409 Å². The molecule has 22 aromatic rings. The summed E-state index contributed by atoms with van der Waals surface area (Å²) in [6, 6.07) is 141. The van der Waals surface area contributed by atoms with E-state index in [9.17, 15) is 0 Å². The van der Waals surface area contributed by atoms with E-state index in [4.69, 9.17) is 28.8 Å². The number of rotatable bonds is 12. The number of aromatic nitrogens is 6. The number of furan rings is 2. The van der Waals surface area contributed by atoms with Crippen LogP contribution < -0.4 is 0 Å². The zero-order valence-electron chi connectivity index (χ0n) is 60.6. The van der Waals surface area contributed by atoms with Crippen LogP contribution in [0, 0.1) is 0 Å². The fourth-order valence-electron chi connectivity index (χ4n) is 16.4. The summed E-state index contributed by atoms with van der Waals surface area (Å²) in [6.07, 6.45) is 0. The summed E-state index contributed by atoms with van der Waals surface area (Å²) < 4.78 is 18.2. The number of benzene rings is 16. The van der Waals surface area contributed by atoms with E-state index < -0.39 is 0 Å². The smallest absolute Gasteiger partial charge is 0.180 e. The molecule has 0 aliphatic rings. The van der Waals surface area contributed by atoms with Crippen molar-refractivity contribution in [2.24, 2.45) is 0 Å². The number of nitrogens with zero attached hydrogens (tertiary/aromatic N) is 6. The van der Waals surface area contributed by atoms with Crippen LogP contribution >= 0.6 is 0 Å². The second kappa shape index (κ2) is 27.6. The van der Waals surface area contributed by atoms with Crippen molar-refractivity contribution in [2.45, 2.75) is 0 Å². The number of hydrogen-bond donors (Lipinski definition) is 0. The van der Waals surface area contributed by atoms with E-state index in [1.54, 1.807) is 0 Å². The molecule has 0 amide bonds. The maximum Gasteiger partial charge on any atom is 0.180 e. The Labute approximate surface area is 645 Å². The molecule has 0 saturated carbocycles. The minimum absolute atomic E-state index is 0.659. The maximum absolute atomic E-state index is 6.75. The molecular formula is C104H66N6O2. The average molecular weight is 1430 g/mol. The van der Waals surface area contributed by atoms with Gasteiger partial charge >= 0.3 is 0 Å². The molecule has 0 N–H and O–H groups in total. The summed E-state index contributed by atoms with van der Waals surface area (Å²) in [5.41, 5.74) is 30.4. The molecular weight excluding hydrogens is 1370 g/mol. The highest BCUT2D eigenvalue weighted by Crippen LogP contribution is 2.45. The van der Waals surface area contributed by atoms with Crippen molar-refractivity contribution in [1.82, 2.24) is 29.1 Å². The SMILES string of the molecule is c1ccc(-c2ccc(-c3nc(-c4ccccc4)nc4c3oc3cccc(-c5cccc(-c6cccc(-n7c8ccccc8c8ccccc87)c6)c5)c34)cc2)cc1.c1ccc(-c2cccc(-c3nc(-c4ccccc4)nc4c3oc3cccc(-c5cccc(-c6cccc(-n7c8ccccc8c8ccccc87)c6)c5)c34)c2)cc1. The third-order valence-electron chi connectivity index (χ3n) is 21.6. The lowest BCUT2D eigenvalue weighted by molar-refractivity contribution is 0.667. The first-order valence-corrected chi connectivity index (χ1v) is 37.8. The number of fused-ring (bicyclic) bond motifs is 12. The average Bonchev–Trinajstić information content (AvgIpc) is 1.72. The maximum atomic E-state index is 6.75. The van der Waals surface area contributed by atoms with Gasteiger partial charge in [0.1, 0.15) is 33.6 Å². The predicted molar refractivity (Wildman–Crippen MR) is 462 cm³/mol. The number of para-hydroxylation sites is 4. The van der Waals surface area contributed by atoms with Crippen molar-refractivity contribution in [3.05, 3.63) is 400 Å². The Balaban J connectivity index is 0.000000141. The van der Waals surface area contributed by atoms with Gasteiger partial charge in [-0.3, -0.25) is 0 Å². The van der Waals surface area contributed by atoms with Crippen molar-refractivity contribution in [3.8, 4) is 123 Å². The minimum atomic E-state index is 0.659. The molecule has 112 heavy (non-hydrogen) atoms. The van der Waals surface area contributed by atoms with Gasteiger partial charge in [0, 0.05) is 55.2 Å². The van der Waals surface area contributed by atoms with Crippen molar-refractivity contribution < 1.29 is 8.83 Å². The Morgan fingerprint density at radius 2 is 0.482 bits per heavy atom. The molecule has 0 unspecified atom stereocenters. The highest BCUT2D eigenvalue weighted by atomic mass is 16.3. The van der Waals surface area contributed by atoms with Gasteiger partial charge in [-0.1, -0.05) is 322 Å². The molecule has 0 atom stereocenters. The second-order valence-electron chi connectivity index (χ2n) is 28.3. The van der Waals surface area contributed by atoms with Crippen molar-refractivity contribution in [3.63, 3.8) is 0 Å². The molecule has 8 nitrogen and oxygen atoms in total. The first-order chi connectivity index (χ1) is 55.5. The summed E-state index contributed by atoms with van der Waals surface area (Å²) in [4.78, 5) is 20.8. The molecule has 6 heterocycles. The highest BCUT2D eigenvalue weighted by Gasteiger charge is 2.25. The van der Waals surface area contributed by atoms with Crippen molar-refractivity contribution in [1.29, 1.82) is 0 Å². The predicted octanol–water partition coefficient (Wildman–Crippen LogP) is 27.6. The van der Waals surface area contributed by atoms with Crippen LogP contribution in [0.1, 0.15) is 0 Å². The monoisotopic (exact) mass is 1430 g/mol. The summed E-state index contributed by atoms with van der Waals surface area (Å²) >= 11 is 0. The van der Waals surface area contributed by atoms with E-state index in [2.05, 4.69) is 349 Å². The third-order valence-corrected chi connectivity index (χ3v) is 21.6. The topological polar surface area (TPSA) is 87.7 Å². The zero-order valence-corrected chi connectivity index (χ0v) is 60.6. The Morgan fingerprint density at radius 3 is 0.902 bits per heavy atom. The molecule has 0 bridgehead atoms. The van der Waals surface area contributed by atoms with Gasteiger partial charge in [0.25, 0.3) is 0 Å². The van der Waals surface area contributed by atoms with Gasteiger partial charge in [0.2, 0.25) is 0 Å². The quantitative estimate of drug-likeness (QED) is 0.121.